The standard InChI is InChI=1S/C19H26N2O2/c1-6-12-14(8-3)18(11(5)22)20-16(12)10-17-13(7-2)15(9-4)19(23)21-17/h10,20H,6-9H2,1-5H3,(H,21,23)/b17-10+. The first-order chi connectivity index (χ1) is 11.0. The van der Waals surface area contributed by atoms with Gasteiger partial charge in [-0.25, -0.2) is 0 Å². The Labute approximate surface area is 138 Å². The van der Waals surface area contributed by atoms with Gasteiger partial charge in [-0.05, 0) is 48.5 Å². The van der Waals surface area contributed by atoms with Crippen LogP contribution in [0, 0.1) is 0 Å². The van der Waals surface area contributed by atoms with Gasteiger partial charge in [0.1, 0.15) is 0 Å². The minimum Gasteiger partial charge on any atom is -0.352 e. The molecule has 1 aromatic rings. The topological polar surface area (TPSA) is 62.0 Å². The molecule has 1 amide bonds. The molecule has 1 aliphatic heterocycles. The minimum absolute atomic E-state index is 0.00251. The summed E-state index contributed by atoms with van der Waals surface area (Å²) in [4.78, 5) is 27.2. The van der Waals surface area contributed by atoms with Crippen molar-refractivity contribution < 1.29 is 9.59 Å². The maximum Gasteiger partial charge on any atom is 0.251 e. The van der Waals surface area contributed by atoms with Gasteiger partial charge in [0.25, 0.3) is 5.91 Å². The third-order valence-corrected chi connectivity index (χ3v) is 4.52. The zero-order valence-corrected chi connectivity index (χ0v) is 14.7. The van der Waals surface area contributed by atoms with Crippen LogP contribution in [-0.4, -0.2) is 16.7 Å². The molecular formula is C19H26N2O2. The summed E-state index contributed by atoms with van der Waals surface area (Å²) in [6.07, 6.45) is 5.21. The lowest BCUT2D eigenvalue weighted by molar-refractivity contribution is -0.116. The SMILES string of the molecule is CCC1=C(CC)/C(=C\c2[nH]c(C(C)=O)c(CC)c2CC)NC1=O. The van der Waals surface area contributed by atoms with Gasteiger partial charge in [-0.3, -0.25) is 9.59 Å². The number of H-pyrrole nitrogens is 1. The van der Waals surface area contributed by atoms with Crippen molar-refractivity contribution in [2.75, 3.05) is 0 Å². The minimum atomic E-state index is 0.00251. The number of ketones is 1. The van der Waals surface area contributed by atoms with Crippen LogP contribution in [-0.2, 0) is 17.6 Å². The zero-order chi connectivity index (χ0) is 17.1. The van der Waals surface area contributed by atoms with Crippen molar-refractivity contribution in [3.8, 4) is 0 Å². The average Bonchev–Trinajstić information content (AvgIpc) is 3.03. The van der Waals surface area contributed by atoms with E-state index < -0.39 is 0 Å². The van der Waals surface area contributed by atoms with Gasteiger partial charge in [0.05, 0.1) is 5.69 Å². The zero-order valence-electron chi connectivity index (χ0n) is 14.7. The van der Waals surface area contributed by atoms with Crippen molar-refractivity contribution in [3.63, 3.8) is 0 Å². The Hall–Kier alpha value is -2.10. The molecular weight excluding hydrogens is 288 g/mol. The molecule has 23 heavy (non-hydrogen) atoms. The fraction of sp³-hybridized carbons (Fsp3) is 0.474. The molecule has 0 spiro atoms. The van der Waals surface area contributed by atoms with Crippen molar-refractivity contribution in [1.29, 1.82) is 0 Å². The number of aromatic amines is 1. The van der Waals surface area contributed by atoms with Gasteiger partial charge in [0.2, 0.25) is 0 Å². The van der Waals surface area contributed by atoms with E-state index in [1.807, 2.05) is 13.0 Å². The highest BCUT2D eigenvalue weighted by molar-refractivity contribution is 6.01. The average molecular weight is 314 g/mol. The second kappa shape index (κ2) is 6.99. The van der Waals surface area contributed by atoms with E-state index in [1.165, 1.54) is 5.56 Å². The number of Topliss-reactive ketones (excluding diaryl/α,β-unsaturated/α-hetero) is 1. The predicted octanol–water partition coefficient (Wildman–Crippen LogP) is 3.93. The quantitative estimate of drug-likeness (QED) is 0.782. The van der Waals surface area contributed by atoms with Crippen LogP contribution in [0.2, 0.25) is 0 Å². The van der Waals surface area contributed by atoms with Gasteiger partial charge >= 0.3 is 0 Å². The third-order valence-electron chi connectivity index (χ3n) is 4.52. The highest BCUT2D eigenvalue weighted by Gasteiger charge is 2.25. The monoisotopic (exact) mass is 314 g/mol. The van der Waals surface area contributed by atoms with Crippen molar-refractivity contribution in [2.24, 2.45) is 0 Å². The van der Waals surface area contributed by atoms with Crippen molar-refractivity contribution in [1.82, 2.24) is 10.3 Å². The van der Waals surface area contributed by atoms with Crippen LogP contribution in [0.5, 0.6) is 0 Å². The molecule has 0 aromatic carbocycles. The smallest absolute Gasteiger partial charge is 0.251 e. The van der Waals surface area contributed by atoms with E-state index in [1.54, 1.807) is 6.92 Å². The summed E-state index contributed by atoms with van der Waals surface area (Å²) in [6.45, 7) is 9.81. The first-order valence-electron chi connectivity index (χ1n) is 8.48. The Morgan fingerprint density at radius 1 is 0.957 bits per heavy atom. The van der Waals surface area contributed by atoms with Crippen LogP contribution in [0.4, 0.5) is 0 Å². The van der Waals surface area contributed by atoms with E-state index in [4.69, 9.17) is 0 Å². The maximum atomic E-state index is 12.1. The van der Waals surface area contributed by atoms with Crippen molar-refractivity contribution >= 4 is 17.8 Å². The van der Waals surface area contributed by atoms with Gasteiger partial charge in [0.15, 0.2) is 5.78 Å². The number of hydrogen-bond donors (Lipinski definition) is 2. The summed E-state index contributed by atoms with van der Waals surface area (Å²) in [5, 5.41) is 2.97. The molecule has 124 valence electrons. The van der Waals surface area contributed by atoms with E-state index in [-0.39, 0.29) is 11.7 Å². The molecule has 0 radical (unpaired) electrons. The van der Waals surface area contributed by atoms with Gasteiger partial charge in [-0.1, -0.05) is 27.7 Å². The first-order valence-corrected chi connectivity index (χ1v) is 8.48. The molecule has 1 aliphatic rings. The first kappa shape index (κ1) is 17.3. The summed E-state index contributed by atoms with van der Waals surface area (Å²) in [5.74, 6) is 0.0554. The molecule has 0 saturated heterocycles. The molecule has 0 saturated carbocycles. The molecule has 2 N–H and O–H groups in total. The molecule has 0 aliphatic carbocycles. The van der Waals surface area contributed by atoms with E-state index >= 15 is 0 Å². The number of hydrogen-bond acceptors (Lipinski definition) is 2. The van der Waals surface area contributed by atoms with Gasteiger partial charge in [-0.2, -0.15) is 0 Å². The van der Waals surface area contributed by atoms with Gasteiger partial charge in [0, 0.05) is 23.9 Å². The number of amides is 1. The number of nitrogens with one attached hydrogen (secondary N) is 2. The largest absolute Gasteiger partial charge is 0.352 e. The van der Waals surface area contributed by atoms with Gasteiger partial charge in [-0.15, -0.1) is 0 Å². The second-order valence-electron chi connectivity index (χ2n) is 5.81. The number of aromatic nitrogens is 1. The summed E-state index contributed by atoms with van der Waals surface area (Å²) in [5.41, 5.74) is 6.70. The van der Waals surface area contributed by atoms with Crippen LogP contribution >= 0.6 is 0 Å². The lowest BCUT2D eigenvalue weighted by atomic mass is 10.00. The van der Waals surface area contributed by atoms with Crippen LogP contribution in [0.1, 0.15) is 74.8 Å². The molecule has 2 heterocycles. The summed E-state index contributed by atoms with van der Waals surface area (Å²) >= 11 is 0. The Morgan fingerprint density at radius 3 is 2.04 bits per heavy atom. The highest BCUT2D eigenvalue weighted by Crippen LogP contribution is 2.29. The lowest BCUT2D eigenvalue weighted by Crippen LogP contribution is -2.16. The molecule has 1 aromatic heterocycles. The lowest BCUT2D eigenvalue weighted by Gasteiger charge is -2.05. The van der Waals surface area contributed by atoms with E-state index in [0.29, 0.717) is 5.69 Å². The van der Waals surface area contributed by atoms with Crippen LogP contribution in [0.3, 0.4) is 0 Å². The Morgan fingerprint density at radius 2 is 1.57 bits per heavy atom. The normalized spacial score (nSPS) is 16.4. The fourth-order valence-corrected chi connectivity index (χ4v) is 3.43. The Balaban J connectivity index is 2.58. The van der Waals surface area contributed by atoms with Gasteiger partial charge < -0.3 is 10.3 Å². The molecule has 0 bridgehead atoms. The van der Waals surface area contributed by atoms with Crippen molar-refractivity contribution in [2.45, 2.75) is 60.3 Å². The molecule has 0 unspecified atom stereocenters. The number of carbonyl (C=O) groups excluding carboxylic acids is 2. The highest BCUT2D eigenvalue weighted by atomic mass is 16.2. The fourth-order valence-electron chi connectivity index (χ4n) is 3.43. The summed E-state index contributed by atoms with van der Waals surface area (Å²) in [6, 6.07) is 0. The number of rotatable bonds is 6. The Kier molecular flexibility index (Phi) is 5.24. The Bertz CT molecular complexity index is 705. The predicted molar refractivity (Wildman–Crippen MR) is 93.3 cm³/mol. The van der Waals surface area contributed by atoms with Crippen LogP contribution in [0.15, 0.2) is 16.8 Å². The molecule has 2 rings (SSSR count). The molecule has 0 fully saturated rings. The molecule has 0 atom stereocenters. The number of allylic oxidation sites excluding steroid dienone is 1. The van der Waals surface area contributed by atoms with E-state index in [2.05, 4.69) is 31.1 Å². The van der Waals surface area contributed by atoms with E-state index in [0.717, 1.165) is 53.8 Å². The second-order valence-corrected chi connectivity index (χ2v) is 5.81. The van der Waals surface area contributed by atoms with Crippen molar-refractivity contribution in [3.05, 3.63) is 39.4 Å². The number of carbonyl (C=O) groups is 2. The molecule has 4 heteroatoms. The summed E-state index contributed by atoms with van der Waals surface area (Å²) < 4.78 is 0. The summed E-state index contributed by atoms with van der Waals surface area (Å²) in [7, 11) is 0. The maximum absolute atomic E-state index is 12.1. The van der Waals surface area contributed by atoms with E-state index in [9.17, 15) is 9.59 Å². The van der Waals surface area contributed by atoms with Crippen LogP contribution in [0.25, 0.3) is 6.08 Å². The molecule has 4 nitrogen and oxygen atoms in total. The third kappa shape index (κ3) is 3.03. The van der Waals surface area contributed by atoms with Crippen LogP contribution < -0.4 is 5.32 Å².